The quantitative estimate of drug-likeness (QED) is 0.746. The molecule has 2 nitrogen and oxygen atoms in total. The van der Waals surface area contributed by atoms with Crippen LogP contribution in [0.5, 0.6) is 0 Å². The highest BCUT2D eigenvalue weighted by Gasteiger charge is 2.88. The van der Waals surface area contributed by atoms with E-state index in [1.54, 1.807) is 0 Å². The van der Waals surface area contributed by atoms with Crippen LogP contribution in [0.4, 0.5) is 48.3 Å². The highest BCUT2D eigenvalue weighted by Crippen LogP contribution is 2.57. The van der Waals surface area contributed by atoms with Crippen molar-refractivity contribution < 1.29 is 53.1 Å². The van der Waals surface area contributed by atoms with Gasteiger partial charge in [0.25, 0.3) is 5.91 Å². The lowest BCUT2D eigenvalue weighted by atomic mass is 9.96. The summed E-state index contributed by atoms with van der Waals surface area (Å²) in [5.41, 5.74) is -1.68. The molecule has 0 aliphatic heterocycles. The van der Waals surface area contributed by atoms with Gasteiger partial charge in [-0.2, -0.15) is 48.3 Å². The molecule has 0 aromatic carbocycles. The van der Waals surface area contributed by atoms with Crippen LogP contribution in [0.25, 0.3) is 0 Å². The summed E-state index contributed by atoms with van der Waals surface area (Å²) in [6.45, 7) is 2.84. The fourth-order valence-electron chi connectivity index (χ4n) is 1.13. The van der Waals surface area contributed by atoms with Gasteiger partial charge in [-0.3, -0.25) is 4.79 Å². The van der Waals surface area contributed by atoms with Crippen molar-refractivity contribution in [3.63, 3.8) is 0 Å². The zero-order valence-electron chi connectivity index (χ0n) is 11.6. The van der Waals surface area contributed by atoms with Gasteiger partial charge in [0.15, 0.2) is 0 Å². The minimum atomic E-state index is -7.59. The molecule has 0 heterocycles. The van der Waals surface area contributed by atoms with Crippen molar-refractivity contribution in [2.45, 2.75) is 56.2 Å². The molecule has 0 aromatic heterocycles. The largest absolute Gasteiger partial charge is 0.460 e. The van der Waals surface area contributed by atoms with Gasteiger partial charge in [-0.25, -0.2) is 0 Å². The van der Waals surface area contributed by atoms with Gasteiger partial charge in [0, 0.05) is 5.54 Å². The molecule has 0 saturated heterocycles. The summed E-state index contributed by atoms with van der Waals surface area (Å²) in [7, 11) is 0. The third-order valence-corrected chi connectivity index (χ3v) is 2.31. The predicted octanol–water partition coefficient (Wildman–Crippen LogP) is 4.00. The van der Waals surface area contributed by atoms with Gasteiger partial charge in [-0.05, 0) is 20.8 Å². The number of halogens is 11. The zero-order valence-corrected chi connectivity index (χ0v) is 11.6. The van der Waals surface area contributed by atoms with Crippen LogP contribution in [-0.4, -0.2) is 41.3 Å². The van der Waals surface area contributed by atoms with Crippen LogP contribution in [0.1, 0.15) is 20.8 Å². The summed E-state index contributed by atoms with van der Waals surface area (Å²) in [4.78, 5) is 10.9. The number of hydrogen-bond donors (Lipinski definition) is 1. The Labute approximate surface area is 122 Å². The Kier molecular flexibility index (Phi) is 5.06. The molecule has 0 fully saturated rings. The van der Waals surface area contributed by atoms with Crippen LogP contribution in [-0.2, 0) is 4.79 Å². The molecule has 0 atom stereocenters. The van der Waals surface area contributed by atoms with Crippen LogP contribution >= 0.6 is 0 Å². The Morgan fingerprint density at radius 3 is 1.26 bits per heavy atom. The number of rotatable bonds is 4. The van der Waals surface area contributed by atoms with E-state index in [4.69, 9.17) is 0 Å². The van der Waals surface area contributed by atoms with Crippen LogP contribution in [0.15, 0.2) is 0 Å². The molecule has 0 aliphatic rings. The third kappa shape index (κ3) is 3.47. The molecule has 0 radical (unpaired) electrons. The third-order valence-electron chi connectivity index (χ3n) is 2.31. The maximum Gasteiger partial charge on any atom is 0.460 e. The topological polar surface area (TPSA) is 29.1 Å². The lowest BCUT2D eigenvalue weighted by Gasteiger charge is -2.37. The summed E-state index contributed by atoms with van der Waals surface area (Å²) in [6, 6.07) is 0. The molecular weight excluding hydrogens is 359 g/mol. The molecular formula is C10H10F11NO. The fraction of sp³-hybridized carbons (Fsp3) is 0.900. The van der Waals surface area contributed by atoms with E-state index in [9.17, 15) is 53.1 Å². The monoisotopic (exact) mass is 369 g/mol. The van der Waals surface area contributed by atoms with Gasteiger partial charge in [-0.15, -0.1) is 0 Å². The van der Waals surface area contributed by atoms with E-state index in [1.165, 1.54) is 0 Å². The molecule has 0 saturated carbocycles. The van der Waals surface area contributed by atoms with Gasteiger partial charge in [0.05, 0.1) is 0 Å². The van der Waals surface area contributed by atoms with E-state index < -0.39 is 41.3 Å². The zero-order chi connectivity index (χ0) is 19.3. The van der Waals surface area contributed by atoms with Crippen LogP contribution in [0.2, 0.25) is 0 Å². The van der Waals surface area contributed by atoms with Crippen LogP contribution in [0, 0.1) is 0 Å². The van der Waals surface area contributed by atoms with E-state index in [-0.39, 0.29) is 0 Å². The average Bonchev–Trinajstić information content (AvgIpc) is 2.23. The molecule has 0 aliphatic carbocycles. The van der Waals surface area contributed by atoms with Gasteiger partial charge in [-0.1, -0.05) is 0 Å². The van der Waals surface area contributed by atoms with Crippen molar-refractivity contribution in [1.82, 2.24) is 5.32 Å². The molecule has 0 spiro atoms. The first-order chi connectivity index (χ1) is 9.63. The molecule has 0 rings (SSSR count). The number of carbonyl (C=O) groups excluding carboxylic acids is 1. The first-order valence-electron chi connectivity index (χ1n) is 5.53. The average molecular weight is 369 g/mol. The van der Waals surface area contributed by atoms with Crippen molar-refractivity contribution in [2.75, 3.05) is 0 Å². The van der Waals surface area contributed by atoms with Crippen molar-refractivity contribution >= 4 is 5.91 Å². The van der Waals surface area contributed by atoms with E-state index in [1.807, 2.05) is 0 Å². The highest BCUT2D eigenvalue weighted by atomic mass is 19.4. The number of hydrogen-bond acceptors (Lipinski definition) is 1. The fourth-order valence-corrected chi connectivity index (χ4v) is 1.13. The molecule has 0 aromatic rings. The summed E-state index contributed by atoms with van der Waals surface area (Å²) in [5.74, 6) is -32.1. The second-order valence-corrected chi connectivity index (χ2v) is 5.50. The predicted molar refractivity (Wildman–Crippen MR) is 53.7 cm³/mol. The molecule has 1 amide bonds. The maximum atomic E-state index is 13.2. The Balaban J connectivity index is 5.99. The van der Waals surface area contributed by atoms with E-state index in [2.05, 4.69) is 0 Å². The van der Waals surface area contributed by atoms with E-state index >= 15 is 0 Å². The number of carbonyl (C=O) groups is 1. The van der Waals surface area contributed by atoms with Gasteiger partial charge < -0.3 is 5.32 Å². The van der Waals surface area contributed by atoms with Gasteiger partial charge in [0.2, 0.25) is 0 Å². The molecule has 23 heavy (non-hydrogen) atoms. The summed E-state index contributed by atoms with van der Waals surface area (Å²) in [5, 5.41) is 1.10. The summed E-state index contributed by atoms with van der Waals surface area (Å²) in [6.07, 6.45) is -7.25. The first-order valence-corrected chi connectivity index (χ1v) is 5.53. The number of alkyl halides is 11. The lowest BCUT2D eigenvalue weighted by molar-refractivity contribution is -0.417. The van der Waals surface area contributed by atoms with E-state index in [0.717, 1.165) is 26.1 Å². The summed E-state index contributed by atoms with van der Waals surface area (Å²) >= 11 is 0. The molecule has 138 valence electrons. The van der Waals surface area contributed by atoms with Gasteiger partial charge in [0.1, 0.15) is 0 Å². The van der Waals surface area contributed by atoms with Crippen LogP contribution in [0.3, 0.4) is 0 Å². The summed E-state index contributed by atoms with van der Waals surface area (Å²) < 4.78 is 139. The van der Waals surface area contributed by atoms with Gasteiger partial charge >= 0.3 is 29.9 Å². The smallest absolute Gasteiger partial charge is 0.346 e. The molecule has 1 N–H and O–H groups in total. The van der Waals surface area contributed by atoms with E-state index in [0.29, 0.717) is 0 Å². The second-order valence-electron chi connectivity index (χ2n) is 5.50. The Bertz CT molecular complexity index is 460. The first kappa shape index (κ1) is 21.7. The molecule has 0 bridgehead atoms. The van der Waals surface area contributed by atoms with Crippen molar-refractivity contribution in [2.24, 2.45) is 0 Å². The van der Waals surface area contributed by atoms with Crippen LogP contribution < -0.4 is 5.32 Å². The minimum Gasteiger partial charge on any atom is -0.346 e. The number of nitrogens with one attached hydrogen (secondary N) is 1. The second kappa shape index (κ2) is 5.36. The standard InChI is InChI=1S/C10H10F11NO/c1-5(2,3)22-4(23)6(11,12)7(13,14)8(15,16)9(17,18)10(19,20)21/h1-3H3,(H,22,23). The molecule has 0 unspecified atom stereocenters. The van der Waals surface area contributed by atoms with Crippen molar-refractivity contribution in [1.29, 1.82) is 0 Å². The Morgan fingerprint density at radius 1 is 0.652 bits per heavy atom. The number of amides is 1. The normalized spacial score (nSPS) is 15.6. The minimum absolute atomic E-state index is 0.946. The molecule has 13 heteroatoms. The highest BCUT2D eigenvalue weighted by molar-refractivity contribution is 5.85. The van der Waals surface area contributed by atoms with Crippen molar-refractivity contribution in [3.8, 4) is 0 Å². The Morgan fingerprint density at radius 2 is 1.00 bits per heavy atom. The Hall–Kier alpha value is -1.30. The SMILES string of the molecule is CC(C)(C)NC(=O)C(F)(F)C(F)(F)C(F)(F)C(F)(F)C(F)(F)F. The maximum absolute atomic E-state index is 13.2. The lowest BCUT2D eigenvalue weighted by Crippen LogP contribution is -2.70. The van der Waals surface area contributed by atoms with Crippen molar-refractivity contribution in [3.05, 3.63) is 0 Å².